The Kier molecular flexibility index (Phi) is 19.6. The number of primary amides is 1. The van der Waals surface area contributed by atoms with Crippen molar-refractivity contribution in [1.82, 2.24) is 24.7 Å². The lowest BCUT2D eigenvalue weighted by atomic mass is 9.85. The summed E-state index contributed by atoms with van der Waals surface area (Å²) in [5.74, 6) is -4.31. The Balaban J connectivity index is 0.00000407. The molecule has 3 atom stereocenters. The summed E-state index contributed by atoms with van der Waals surface area (Å²) in [6, 6.07) is 17.9. The summed E-state index contributed by atoms with van der Waals surface area (Å²) in [5.41, 5.74) is 13.7. The van der Waals surface area contributed by atoms with Crippen LogP contribution < -0.4 is 11.1 Å². The van der Waals surface area contributed by atoms with Gasteiger partial charge < -0.3 is 25.7 Å². The van der Waals surface area contributed by atoms with Crippen molar-refractivity contribution >= 4 is 40.3 Å². The number of likely N-dealkylation sites (tertiary alicyclic amines) is 3. The number of H-pyrrole nitrogens is 1. The molecule has 71 heavy (non-hydrogen) atoms. The molecule has 0 aliphatic carbocycles. The number of hydrogen-bond acceptors (Lipinski definition) is 8. The molecule has 3 unspecified atom stereocenters. The van der Waals surface area contributed by atoms with Gasteiger partial charge in [-0.25, -0.2) is 18.2 Å². The monoisotopic (exact) mass is 977 g/mol. The van der Waals surface area contributed by atoms with Crippen LogP contribution in [-0.4, -0.2) is 121 Å². The standard InChI is InChI=1S/C55H69F3N8O3.C2H6/c1-7-8-9-50(53(59)67)61-44-15-16-46(48(56)32-44)47-23-25-64(35-55(47,57)58)33-39-19-26-66(27-20-39)54(68)42-12-10-40(11-13-42)41-21-28-65(29-22-41)38(4)36(2)30-37(3)45(18-24-60-5)43-14-17-49-51(31-43)63-52(62-49)34-69-6;1-2/h7,10-18,24,30-32,38-39,41,47,50,61H,1,3,8-9,19-23,25-29,33-35H2,2,4-6H3,(H2,59,67)(H,62,63);1-2H3/b36-30+,45-18+,60-24?;. The Bertz CT molecular complexity index is 2540. The number of imidazole rings is 1. The highest BCUT2D eigenvalue weighted by molar-refractivity contribution is 5.95. The van der Waals surface area contributed by atoms with Crippen molar-refractivity contribution in [3.8, 4) is 0 Å². The zero-order chi connectivity index (χ0) is 51.2. The van der Waals surface area contributed by atoms with Crippen LogP contribution in [0, 0.1) is 11.7 Å². The normalized spacial score (nSPS) is 19.6. The predicted molar refractivity (Wildman–Crippen MR) is 283 cm³/mol. The highest BCUT2D eigenvalue weighted by Gasteiger charge is 2.46. The maximum atomic E-state index is 15.7. The fourth-order valence-corrected chi connectivity index (χ4v) is 10.3. The van der Waals surface area contributed by atoms with Gasteiger partial charge in [0.2, 0.25) is 5.91 Å². The third kappa shape index (κ3) is 14.0. The van der Waals surface area contributed by atoms with Gasteiger partial charge in [0.1, 0.15) is 24.3 Å². The number of aromatic amines is 1. The van der Waals surface area contributed by atoms with Crippen molar-refractivity contribution in [1.29, 1.82) is 0 Å². The molecular formula is C57H75F3N8O3. The molecule has 3 aliphatic heterocycles. The first-order valence-electron chi connectivity index (χ1n) is 25.3. The summed E-state index contributed by atoms with van der Waals surface area (Å²) in [5, 5.41) is 2.92. The zero-order valence-corrected chi connectivity index (χ0v) is 42.7. The third-order valence-corrected chi connectivity index (χ3v) is 14.4. The van der Waals surface area contributed by atoms with E-state index < -0.39 is 36.2 Å². The molecule has 4 heterocycles. The number of methoxy groups -OCH3 is 1. The third-order valence-electron chi connectivity index (χ3n) is 14.4. The maximum Gasteiger partial charge on any atom is 0.267 e. The molecule has 3 aliphatic rings. The number of aliphatic imine (C=N–C) groups is 1. The van der Waals surface area contributed by atoms with Gasteiger partial charge in [0.15, 0.2) is 0 Å². The Morgan fingerprint density at radius 1 is 1.00 bits per heavy atom. The molecule has 11 nitrogen and oxygen atoms in total. The summed E-state index contributed by atoms with van der Waals surface area (Å²) in [6.07, 6.45) is 12.2. The number of benzene rings is 3. The Hall–Kier alpha value is -5.83. The lowest BCUT2D eigenvalue weighted by Gasteiger charge is -2.41. The number of carbonyl (C=O) groups excluding carboxylic acids is 2. The number of nitrogens with one attached hydrogen (secondary N) is 2. The van der Waals surface area contributed by atoms with E-state index in [1.54, 1.807) is 31.3 Å². The van der Waals surface area contributed by atoms with Gasteiger partial charge >= 0.3 is 0 Å². The van der Waals surface area contributed by atoms with Gasteiger partial charge in [-0.3, -0.25) is 24.4 Å². The molecule has 0 saturated carbocycles. The molecule has 0 spiro atoms. The highest BCUT2D eigenvalue weighted by Crippen LogP contribution is 2.42. The number of ether oxygens (including phenoxy) is 1. The van der Waals surface area contributed by atoms with Crippen molar-refractivity contribution in [2.45, 2.75) is 109 Å². The van der Waals surface area contributed by atoms with E-state index in [2.05, 4.69) is 82.5 Å². The lowest BCUT2D eigenvalue weighted by molar-refractivity contribution is -0.118. The van der Waals surface area contributed by atoms with Gasteiger partial charge in [0, 0.05) is 57.3 Å². The molecule has 3 fully saturated rings. The minimum atomic E-state index is -3.12. The van der Waals surface area contributed by atoms with Crippen LogP contribution in [0.15, 0.2) is 108 Å². The number of amides is 2. The number of rotatable bonds is 19. The number of halogens is 3. The largest absolute Gasteiger partial charge is 0.377 e. The second-order valence-electron chi connectivity index (χ2n) is 19.1. The zero-order valence-electron chi connectivity index (χ0n) is 42.7. The molecule has 3 saturated heterocycles. The number of allylic oxidation sites excluding steroid dienone is 5. The molecule has 382 valence electrons. The number of piperidine rings is 3. The quantitative estimate of drug-likeness (QED) is 0.0484. The smallest absolute Gasteiger partial charge is 0.267 e. The number of nitrogens with zero attached hydrogens (tertiary/aromatic N) is 5. The van der Waals surface area contributed by atoms with Gasteiger partial charge in [-0.05, 0) is 161 Å². The van der Waals surface area contributed by atoms with E-state index in [9.17, 15) is 9.59 Å². The van der Waals surface area contributed by atoms with Gasteiger partial charge in [0.25, 0.3) is 11.8 Å². The molecule has 3 aromatic carbocycles. The van der Waals surface area contributed by atoms with Crippen LogP contribution in [0.3, 0.4) is 0 Å². The molecule has 4 N–H and O–H groups in total. The molecule has 1 aromatic heterocycles. The van der Waals surface area contributed by atoms with Gasteiger partial charge in [0.05, 0.1) is 23.5 Å². The first-order valence-corrected chi connectivity index (χ1v) is 25.3. The van der Waals surface area contributed by atoms with Crippen LogP contribution in [0.5, 0.6) is 0 Å². The first-order chi connectivity index (χ1) is 34.2. The summed E-state index contributed by atoms with van der Waals surface area (Å²) in [6.45, 7) is 20.6. The van der Waals surface area contributed by atoms with Crippen LogP contribution in [0.25, 0.3) is 16.6 Å². The summed E-state index contributed by atoms with van der Waals surface area (Å²) in [7, 11) is 3.41. The predicted octanol–water partition coefficient (Wildman–Crippen LogP) is 10.9. The number of anilines is 1. The van der Waals surface area contributed by atoms with Gasteiger partial charge in [-0.1, -0.05) is 62.4 Å². The van der Waals surface area contributed by atoms with E-state index in [0.29, 0.717) is 62.8 Å². The maximum absolute atomic E-state index is 15.7. The lowest BCUT2D eigenvalue weighted by Crippen LogP contribution is -2.50. The van der Waals surface area contributed by atoms with E-state index in [0.717, 1.165) is 72.3 Å². The SMILES string of the molecule is C=CCCC(Nc1ccc(C2CCN(CC3CCN(C(=O)c4ccc(C5CCN(C(C)/C(C)=C/C(=C)/C(=C\C=NC)c6ccc7nc(COC)[nH]c7c6)CC5)cc4)CC3)CC2(F)F)c(F)c1)C(N)=O.CC. The van der Waals surface area contributed by atoms with Crippen LogP contribution in [0.1, 0.15) is 117 Å². The minimum absolute atomic E-state index is 0.00282. The number of alkyl halides is 2. The van der Waals surface area contributed by atoms with Crippen molar-refractivity contribution in [3.05, 3.63) is 137 Å². The molecule has 2 amide bonds. The highest BCUT2D eigenvalue weighted by atomic mass is 19.3. The minimum Gasteiger partial charge on any atom is -0.377 e. The molecule has 14 heteroatoms. The van der Waals surface area contributed by atoms with Crippen molar-refractivity contribution in [3.63, 3.8) is 0 Å². The van der Waals surface area contributed by atoms with Crippen LogP contribution in [-0.2, 0) is 16.1 Å². The van der Waals surface area contributed by atoms with Crippen LogP contribution in [0.2, 0.25) is 0 Å². The van der Waals surface area contributed by atoms with E-state index in [4.69, 9.17) is 10.5 Å². The Morgan fingerprint density at radius 3 is 2.34 bits per heavy atom. The van der Waals surface area contributed by atoms with Gasteiger partial charge in [-0.15, -0.1) is 6.58 Å². The van der Waals surface area contributed by atoms with Crippen molar-refractivity contribution in [2.24, 2.45) is 16.6 Å². The van der Waals surface area contributed by atoms with E-state index in [-0.39, 0.29) is 29.9 Å². The van der Waals surface area contributed by atoms with Crippen molar-refractivity contribution < 1.29 is 27.5 Å². The first kappa shape index (κ1) is 54.5. The number of carbonyl (C=O) groups is 2. The van der Waals surface area contributed by atoms with Gasteiger partial charge in [-0.2, -0.15) is 0 Å². The Morgan fingerprint density at radius 2 is 1.70 bits per heavy atom. The molecule has 0 radical (unpaired) electrons. The topological polar surface area (TPSA) is 132 Å². The summed E-state index contributed by atoms with van der Waals surface area (Å²) in [4.78, 5) is 43.9. The fraction of sp³-hybridized carbons (Fsp3) is 0.474. The Labute approximate surface area is 419 Å². The van der Waals surface area contributed by atoms with Crippen molar-refractivity contribution in [2.75, 3.05) is 65.3 Å². The second kappa shape index (κ2) is 25.5. The number of fused-ring (bicyclic) bond motifs is 1. The average molecular weight is 977 g/mol. The van der Waals surface area contributed by atoms with E-state index in [1.165, 1.54) is 29.3 Å². The molecule has 7 rings (SSSR count). The van der Waals surface area contributed by atoms with Crippen LogP contribution in [0.4, 0.5) is 18.9 Å². The van der Waals surface area contributed by atoms with E-state index in [1.807, 2.05) is 43.0 Å². The number of hydrogen-bond donors (Lipinski definition) is 3. The summed E-state index contributed by atoms with van der Waals surface area (Å²) < 4.78 is 52.0. The molecular weight excluding hydrogens is 902 g/mol. The average Bonchev–Trinajstić information content (AvgIpc) is 3.78. The van der Waals surface area contributed by atoms with Crippen LogP contribution >= 0.6 is 0 Å². The number of nitrogens with two attached hydrogens (primary N) is 1. The number of aromatic nitrogens is 2. The summed E-state index contributed by atoms with van der Waals surface area (Å²) >= 11 is 0. The molecule has 4 aromatic rings. The second-order valence-corrected chi connectivity index (χ2v) is 19.1. The molecule has 0 bridgehead atoms. The fourth-order valence-electron chi connectivity index (χ4n) is 10.3. The van der Waals surface area contributed by atoms with E-state index >= 15 is 13.2 Å².